The molecule has 0 radical (unpaired) electrons. The van der Waals surface area contributed by atoms with Gasteiger partial charge in [-0.1, -0.05) is 38.8 Å². The predicted octanol–water partition coefficient (Wildman–Crippen LogP) is 3.51. The van der Waals surface area contributed by atoms with E-state index >= 15 is 0 Å². The van der Waals surface area contributed by atoms with E-state index in [0.29, 0.717) is 23.1 Å². The van der Waals surface area contributed by atoms with Crippen molar-refractivity contribution in [2.45, 2.75) is 46.1 Å². The van der Waals surface area contributed by atoms with Gasteiger partial charge in [-0.15, -0.1) is 0 Å². The Morgan fingerprint density at radius 1 is 1.29 bits per heavy atom. The van der Waals surface area contributed by atoms with Crippen molar-refractivity contribution in [1.82, 2.24) is 4.90 Å². The second-order valence-corrected chi connectivity index (χ2v) is 6.20. The molecule has 0 spiro atoms. The highest BCUT2D eigenvalue weighted by atomic mass is 19.1. The van der Waals surface area contributed by atoms with E-state index in [4.69, 9.17) is 11.1 Å². The molecule has 1 fully saturated rings. The smallest absolute Gasteiger partial charge is 0.128 e. The van der Waals surface area contributed by atoms with Crippen molar-refractivity contribution in [2.75, 3.05) is 13.1 Å². The van der Waals surface area contributed by atoms with Crippen LogP contribution in [0.1, 0.15) is 50.7 Å². The minimum absolute atomic E-state index is 0.0888. The predicted molar refractivity (Wildman–Crippen MR) is 84.9 cm³/mol. The number of halogens is 1. The van der Waals surface area contributed by atoms with Crippen LogP contribution in [0.2, 0.25) is 0 Å². The van der Waals surface area contributed by atoms with Crippen LogP contribution in [0.25, 0.3) is 0 Å². The SMILES string of the molecule is CCC1(CC)CCN(Cc2ccc(C(=N)N)cc2F)CC1. The quantitative estimate of drug-likeness (QED) is 0.644. The third-order valence-electron chi connectivity index (χ3n) is 5.17. The molecule has 0 amide bonds. The summed E-state index contributed by atoms with van der Waals surface area (Å²) in [6.07, 6.45) is 4.87. The van der Waals surface area contributed by atoms with Crippen LogP contribution < -0.4 is 5.73 Å². The molecule has 0 atom stereocenters. The minimum Gasteiger partial charge on any atom is -0.384 e. The molecular weight excluding hydrogens is 265 g/mol. The largest absolute Gasteiger partial charge is 0.384 e. The van der Waals surface area contributed by atoms with E-state index in [2.05, 4.69) is 18.7 Å². The molecule has 0 aromatic heterocycles. The molecule has 1 aromatic carbocycles. The first-order valence-electron chi connectivity index (χ1n) is 7.85. The lowest BCUT2D eigenvalue weighted by Gasteiger charge is -2.41. The van der Waals surface area contributed by atoms with Gasteiger partial charge in [0.1, 0.15) is 11.7 Å². The van der Waals surface area contributed by atoms with Gasteiger partial charge in [0, 0.05) is 17.7 Å². The summed E-state index contributed by atoms with van der Waals surface area (Å²) in [5.74, 6) is -0.348. The molecule has 21 heavy (non-hydrogen) atoms. The fourth-order valence-corrected chi connectivity index (χ4v) is 3.23. The third-order valence-corrected chi connectivity index (χ3v) is 5.17. The van der Waals surface area contributed by atoms with Gasteiger partial charge in [0.05, 0.1) is 0 Å². The molecule has 0 saturated carbocycles. The van der Waals surface area contributed by atoms with Gasteiger partial charge in [0.15, 0.2) is 0 Å². The molecule has 1 aromatic rings. The molecule has 1 saturated heterocycles. The second kappa shape index (κ2) is 6.56. The first-order chi connectivity index (χ1) is 9.99. The van der Waals surface area contributed by atoms with Crippen LogP contribution in [0, 0.1) is 16.6 Å². The number of amidine groups is 1. The molecule has 1 aliphatic rings. The Labute approximate surface area is 126 Å². The fourth-order valence-electron chi connectivity index (χ4n) is 3.23. The Morgan fingerprint density at radius 2 is 1.90 bits per heavy atom. The van der Waals surface area contributed by atoms with Crippen LogP contribution in [0.4, 0.5) is 4.39 Å². The number of likely N-dealkylation sites (tertiary alicyclic amines) is 1. The van der Waals surface area contributed by atoms with Crippen LogP contribution in [0.15, 0.2) is 18.2 Å². The third kappa shape index (κ3) is 3.62. The monoisotopic (exact) mass is 291 g/mol. The van der Waals surface area contributed by atoms with Crippen LogP contribution in [0.5, 0.6) is 0 Å². The molecule has 116 valence electrons. The van der Waals surface area contributed by atoms with E-state index in [-0.39, 0.29) is 11.7 Å². The zero-order chi connectivity index (χ0) is 15.5. The summed E-state index contributed by atoms with van der Waals surface area (Å²) >= 11 is 0. The van der Waals surface area contributed by atoms with Gasteiger partial charge in [0.25, 0.3) is 0 Å². The molecule has 0 bridgehead atoms. The number of benzene rings is 1. The van der Waals surface area contributed by atoms with Crippen LogP contribution in [-0.4, -0.2) is 23.8 Å². The van der Waals surface area contributed by atoms with Crippen molar-refractivity contribution in [3.63, 3.8) is 0 Å². The standard InChI is InChI=1S/C17H26FN3/c1-3-17(4-2)7-9-21(10-8-17)12-14-6-5-13(16(19)20)11-15(14)18/h5-6,11H,3-4,7-10,12H2,1-2H3,(H3,19,20). The maximum atomic E-state index is 14.1. The lowest BCUT2D eigenvalue weighted by atomic mass is 9.74. The summed E-state index contributed by atoms with van der Waals surface area (Å²) in [5, 5.41) is 7.34. The average Bonchev–Trinajstić information content (AvgIpc) is 2.50. The zero-order valence-electron chi connectivity index (χ0n) is 13.1. The Bertz CT molecular complexity index is 499. The Balaban J connectivity index is 1.99. The summed E-state index contributed by atoms with van der Waals surface area (Å²) in [7, 11) is 0. The highest BCUT2D eigenvalue weighted by Gasteiger charge is 2.31. The Hall–Kier alpha value is -1.42. The van der Waals surface area contributed by atoms with Gasteiger partial charge in [-0.25, -0.2) is 4.39 Å². The van der Waals surface area contributed by atoms with Crippen molar-refractivity contribution in [2.24, 2.45) is 11.1 Å². The van der Waals surface area contributed by atoms with E-state index < -0.39 is 0 Å². The lowest BCUT2D eigenvalue weighted by Crippen LogP contribution is -2.39. The number of nitrogens with two attached hydrogens (primary N) is 1. The van der Waals surface area contributed by atoms with E-state index in [9.17, 15) is 4.39 Å². The highest BCUT2D eigenvalue weighted by molar-refractivity contribution is 5.94. The average molecular weight is 291 g/mol. The molecule has 2 rings (SSSR count). The van der Waals surface area contributed by atoms with Gasteiger partial charge in [0.2, 0.25) is 0 Å². The number of hydrogen-bond donors (Lipinski definition) is 2. The Kier molecular flexibility index (Phi) is 4.99. The maximum Gasteiger partial charge on any atom is 0.128 e. The first kappa shape index (κ1) is 16.0. The van der Waals surface area contributed by atoms with Crippen LogP contribution >= 0.6 is 0 Å². The van der Waals surface area contributed by atoms with Gasteiger partial charge in [-0.2, -0.15) is 0 Å². The van der Waals surface area contributed by atoms with E-state index in [0.717, 1.165) is 13.1 Å². The lowest BCUT2D eigenvalue weighted by molar-refractivity contribution is 0.0902. The minimum atomic E-state index is -0.259. The first-order valence-corrected chi connectivity index (χ1v) is 7.85. The number of piperidine rings is 1. The van der Waals surface area contributed by atoms with Crippen molar-refractivity contribution in [1.29, 1.82) is 5.41 Å². The molecular formula is C17H26FN3. The molecule has 0 unspecified atom stereocenters. The molecule has 0 aliphatic carbocycles. The van der Waals surface area contributed by atoms with Gasteiger partial charge >= 0.3 is 0 Å². The van der Waals surface area contributed by atoms with Crippen LogP contribution in [0.3, 0.4) is 0 Å². The number of nitrogen functional groups attached to an aromatic ring is 1. The molecule has 3 nitrogen and oxygen atoms in total. The van der Waals surface area contributed by atoms with E-state index in [1.807, 2.05) is 0 Å². The molecule has 3 N–H and O–H groups in total. The highest BCUT2D eigenvalue weighted by Crippen LogP contribution is 2.38. The summed E-state index contributed by atoms with van der Waals surface area (Å²) < 4.78 is 14.1. The van der Waals surface area contributed by atoms with Crippen molar-refractivity contribution in [3.05, 3.63) is 35.1 Å². The van der Waals surface area contributed by atoms with E-state index in [1.165, 1.54) is 31.7 Å². The number of nitrogens with one attached hydrogen (secondary N) is 1. The summed E-state index contributed by atoms with van der Waals surface area (Å²) in [6.45, 7) is 7.28. The zero-order valence-corrected chi connectivity index (χ0v) is 13.1. The van der Waals surface area contributed by atoms with Crippen LogP contribution in [-0.2, 0) is 6.54 Å². The topological polar surface area (TPSA) is 53.1 Å². The summed E-state index contributed by atoms with van der Waals surface area (Å²) in [6, 6.07) is 4.85. The number of hydrogen-bond acceptors (Lipinski definition) is 2. The maximum absolute atomic E-state index is 14.1. The van der Waals surface area contributed by atoms with Gasteiger partial charge in [-0.3, -0.25) is 10.3 Å². The Morgan fingerprint density at radius 3 is 2.38 bits per heavy atom. The van der Waals surface area contributed by atoms with Crippen molar-refractivity contribution >= 4 is 5.84 Å². The molecule has 1 heterocycles. The van der Waals surface area contributed by atoms with E-state index in [1.54, 1.807) is 12.1 Å². The van der Waals surface area contributed by atoms with Gasteiger partial charge < -0.3 is 5.73 Å². The van der Waals surface area contributed by atoms with Crippen molar-refractivity contribution < 1.29 is 4.39 Å². The second-order valence-electron chi connectivity index (χ2n) is 6.20. The summed E-state index contributed by atoms with van der Waals surface area (Å²) in [4.78, 5) is 2.33. The fraction of sp³-hybridized carbons (Fsp3) is 0.588. The van der Waals surface area contributed by atoms with Crippen molar-refractivity contribution in [3.8, 4) is 0 Å². The number of rotatable bonds is 5. The normalized spacial score (nSPS) is 18.6. The number of nitrogens with zero attached hydrogens (tertiary/aromatic N) is 1. The molecule has 1 aliphatic heterocycles. The molecule has 4 heteroatoms. The van der Waals surface area contributed by atoms with Gasteiger partial charge in [-0.05, 0) is 37.4 Å². The summed E-state index contributed by atoms with van der Waals surface area (Å²) in [5.41, 5.74) is 7.02.